The minimum absolute atomic E-state index is 0.122. The molecular weight excluding hydrogens is 298 g/mol. The van der Waals surface area contributed by atoms with Crippen LogP contribution in [-0.2, 0) is 9.59 Å². The van der Waals surface area contributed by atoms with Crippen molar-refractivity contribution in [3.05, 3.63) is 24.3 Å². The Morgan fingerprint density at radius 2 is 1.91 bits per heavy atom. The van der Waals surface area contributed by atoms with Crippen molar-refractivity contribution in [3.63, 3.8) is 0 Å². The second-order valence-electron chi connectivity index (χ2n) is 5.48. The summed E-state index contributed by atoms with van der Waals surface area (Å²) >= 11 is 0. The lowest BCUT2D eigenvalue weighted by Gasteiger charge is -2.15. The van der Waals surface area contributed by atoms with Gasteiger partial charge < -0.3 is 25.4 Å². The zero-order chi connectivity index (χ0) is 17.2. The number of amides is 1. The number of anilines is 1. The number of nitrogens with zero attached hydrogens (tertiary/aromatic N) is 1. The minimum Gasteiger partial charge on any atom is -0.497 e. The predicted octanol–water partition coefficient (Wildman–Crippen LogP) is 1.02. The van der Waals surface area contributed by atoms with Gasteiger partial charge in [0.15, 0.2) is 0 Å². The van der Waals surface area contributed by atoms with Gasteiger partial charge in [0.25, 0.3) is 0 Å². The Bertz CT molecular complexity index is 503. The zero-order valence-electron chi connectivity index (χ0n) is 13.8. The third kappa shape index (κ3) is 7.62. The van der Waals surface area contributed by atoms with Gasteiger partial charge in [0.2, 0.25) is 5.91 Å². The number of methoxy groups -OCH3 is 1. The van der Waals surface area contributed by atoms with Gasteiger partial charge in [-0.05, 0) is 57.9 Å². The molecule has 1 rings (SSSR count). The summed E-state index contributed by atoms with van der Waals surface area (Å²) in [7, 11) is 5.47. The minimum atomic E-state index is -1.03. The normalized spacial score (nSPS) is 12.0. The van der Waals surface area contributed by atoms with Gasteiger partial charge in [0.1, 0.15) is 11.8 Å². The molecule has 7 nitrogen and oxygen atoms in total. The van der Waals surface area contributed by atoms with E-state index in [-0.39, 0.29) is 12.3 Å². The Morgan fingerprint density at radius 1 is 1.26 bits per heavy atom. The first-order chi connectivity index (χ1) is 10.9. The second kappa shape index (κ2) is 9.81. The van der Waals surface area contributed by atoms with Gasteiger partial charge in [0, 0.05) is 5.69 Å². The van der Waals surface area contributed by atoms with Crippen molar-refractivity contribution in [3.8, 4) is 5.75 Å². The highest BCUT2D eigenvalue weighted by molar-refractivity contribution is 5.94. The highest BCUT2D eigenvalue weighted by Gasteiger charge is 2.20. The number of carbonyl (C=O) groups excluding carboxylic acids is 1. The van der Waals surface area contributed by atoms with Crippen molar-refractivity contribution in [2.75, 3.05) is 39.6 Å². The first-order valence-electron chi connectivity index (χ1n) is 7.47. The van der Waals surface area contributed by atoms with E-state index in [4.69, 9.17) is 4.74 Å². The molecule has 0 unspecified atom stereocenters. The molecule has 1 amide bonds. The maximum Gasteiger partial charge on any atom is 0.321 e. The molecule has 0 aliphatic carbocycles. The topological polar surface area (TPSA) is 90.9 Å². The summed E-state index contributed by atoms with van der Waals surface area (Å²) < 4.78 is 5.04. The van der Waals surface area contributed by atoms with Crippen LogP contribution < -0.4 is 15.4 Å². The Labute approximate surface area is 136 Å². The number of hydrogen-bond donors (Lipinski definition) is 3. The molecule has 23 heavy (non-hydrogen) atoms. The Kier molecular flexibility index (Phi) is 8.07. The van der Waals surface area contributed by atoms with Crippen LogP contribution in [-0.4, -0.2) is 62.2 Å². The molecule has 1 aromatic rings. The van der Waals surface area contributed by atoms with Crippen LogP contribution in [0.15, 0.2) is 24.3 Å². The molecule has 0 aliphatic rings. The van der Waals surface area contributed by atoms with Crippen LogP contribution in [0, 0.1) is 0 Å². The lowest BCUT2D eigenvalue weighted by molar-refractivity contribution is -0.141. The van der Waals surface area contributed by atoms with Gasteiger partial charge in [0.05, 0.1) is 13.5 Å². The van der Waals surface area contributed by atoms with E-state index in [2.05, 4.69) is 10.6 Å². The van der Waals surface area contributed by atoms with E-state index in [9.17, 15) is 14.7 Å². The molecule has 0 aromatic heterocycles. The molecule has 0 spiro atoms. The largest absolute Gasteiger partial charge is 0.497 e. The first-order valence-corrected chi connectivity index (χ1v) is 7.47. The van der Waals surface area contributed by atoms with Crippen LogP contribution in [0.2, 0.25) is 0 Å². The Balaban J connectivity index is 2.45. The monoisotopic (exact) mass is 323 g/mol. The predicted molar refractivity (Wildman–Crippen MR) is 88.8 cm³/mol. The highest BCUT2D eigenvalue weighted by atomic mass is 16.5. The van der Waals surface area contributed by atoms with Crippen molar-refractivity contribution >= 4 is 17.6 Å². The van der Waals surface area contributed by atoms with Gasteiger partial charge in [-0.2, -0.15) is 0 Å². The Hall–Kier alpha value is -2.12. The number of carboxylic acids is 1. The van der Waals surface area contributed by atoms with Gasteiger partial charge >= 0.3 is 5.97 Å². The molecule has 3 N–H and O–H groups in total. The summed E-state index contributed by atoms with van der Waals surface area (Å²) in [5, 5.41) is 14.8. The average Bonchev–Trinajstić information content (AvgIpc) is 2.50. The van der Waals surface area contributed by atoms with E-state index < -0.39 is 12.0 Å². The number of hydrogen-bond acceptors (Lipinski definition) is 5. The van der Waals surface area contributed by atoms with E-state index in [1.54, 1.807) is 31.4 Å². The molecule has 128 valence electrons. The third-order valence-electron chi connectivity index (χ3n) is 3.23. The van der Waals surface area contributed by atoms with Gasteiger partial charge in [-0.15, -0.1) is 0 Å². The number of rotatable bonds is 10. The summed E-state index contributed by atoms with van der Waals surface area (Å²) in [6, 6.07) is 5.97. The van der Waals surface area contributed by atoms with Gasteiger partial charge in [-0.3, -0.25) is 9.59 Å². The van der Waals surface area contributed by atoms with Crippen LogP contribution in [0.5, 0.6) is 5.75 Å². The summed E-state index contributed by atoms with van der Waals surface area (Å²) in [6.45, 7) is 1.41. The molecule has 0 aliphatic heterocycles. The van der Waals surface area contributed by atoms with Crippen LogP contribution >= 0.6 is 0 Å². The lowest BCUT2D eigenvalue weighted by Crippen LogP contribution is -2.40. The fourth-order valence-electron chi connectivity index (χ4n) is 1.99. The standard InChI is InChI=1S/C16H25N3O4/c1-19(2)10-4-9-17-14(16(21)22)11-15(20)18-12-5-7-13(23-3)8-6-12/h5-8,14,17H,4,9-11H2,1-3H3,(H,18,20)(H,21,22)/t14-/m1/s1. The number of carbonyl (C=O) groups is 2. The number of carboxylic acid groups (broad SMARTS) is 1. The fraction of sp³-hybridized carbons (Fsp3) is 0.500. The van der Waals surface area contributed by atoms with Crippen molar-refractivity contribution < 1.29 is 19.4 Å². The molecule has 1 aromatic carbocycles. The summed E-state index contributed by atoms with van der Waals surface area (Å²) in [6.07, 6.45) is 0.695. The van der Waals surface area contributed by atoms with E-state index in [0.29, 0.717) is 18.0 Å². The molecule has 0 fully saturated rings. The molecule has 0 radical (unpaired) electrons. The fourth-order valence-corrected chi connectivity index (χ4v) is 1.99. The summed E-state index contributed by atoms with van der Waals surface area (Å²) in [4.78, 5) is 25.2. The van der Waals surface area contributed by atoms with Crippen LogP contribution in [0.1, 0.15) is 12.8 Å². The lowest BCUT2D eigenvalue weighted by atomic mass is 10.2. The Morgan fingerprint density at radius 3 is 2.43 bits per heavy atom. The van der Waals surface area contributed by atoms with E-state index >= 15 is 0 Å². The average molecular weight is 323 g/mol. The maximum atomic E-state index is 12.0. The maximum absolute atomic E-state index is 12.0. The van der Waals surface area contributed by atoms with Gasteiger partial charge in [-0.1, -0.05) is 0 Å². The van der Waals surface area contributed by atoms with Crippen molar-refractivity contribution in [1.29, 1.82) is 0 Å². The number of benzene rings is 1. The summed E-state index contributed by atoms with van der Waals surface area (Å²) in [5.74, 6) is -0.684. The van der Waals surface area contributed by atoms with E-state index in [1.165, 1.54) is 0 Å². The van der Waals surface area contributed by atoms with E-state index in [0.717, 1.165) is 13.0 Å². The highest BCUT2D eigenvalue weighted by Crippen LogP contribution is 2.15. The zero-order valence-corrected chi connectivity index (χ0v) is 13.8. The molecular formula is C16H25N3O4. The SMILES string of the molecule is COc1ccc(NC(=O)C[C@@H](NCCCN(C)C)C(=O)O)cc1. The van der Waals surface area contributed by atoms with E-state index in [1.807, 2.05) is 19.0 Å². The van der Waals surface area contributed by atoms with Gasteiger partial charge in [-0.25, -0.2) is 0 Å². The number of ether oxygens (including phenoxy) is 1. The first kappa shape index (κ1) is 18.9. The van der Waals surface area contributed by atoms with Crippen LogP contribution in [0.3, 0.4) is 0 Å². The molecule has 0 bridgehead atoms. The number of nitrogens with one attached hydrogen (secondary N) is 2. The van der Waals surface area contributed by atoms with Crippen molar-refractivity contribution in [2.45, 2.75) is 18.9 Å². The van der Waals surface area contributed by atoms with Crippen molar-refractivity contribution in [2.24, 2.45) is 0 Å². The molecule has 0 saturated carbocycles. The quantitative estimate of drug-likeness (QED) is 0.557. The molecule has 7 heteroatoms. The summed E-state index contributed by atoms with van der Waals surface area (Å²) in [5.41, 5.74) is 0.604. The third-order valence-corrected chi connectivity index (χ3v) is 3.23. The van der Waals surface area contributed by atoms with Crippen LogP contribution in [0.4, 0.5) is 5.69 Å². The molecule has 0 saturated heterocycles. The molecule has 1 atom stereocenters. The smallest absolute Gasteiger partial charge is 0.321 e. The van der Waals surface area contributed by atoms with Crippen molar-refractivity contribution in [1.82, 2.24) is 10.2 Å². The second-order valence-corrected chi connectivity index (χ2v) is 5.48. The molecule has 0 heterocycles. The number of aliphatic carboxylic acids is 1. The van der Waals surface area contributed by atoms with Crippen LogP contribution in [0.25, 0.3) is 0 Å².